The maximum atomic E-state index is 12.5. The molecule has 3 nitrogen and oxygen atoms in total. The third-order valence-corrected chi connectivity index (χ3v) is 1.56. The number of nitrogens with one attached hydrogen (secondary N) is 1. The third kappa shape index (κ3) is 1.71. The molecule has 0 saturated heterocycles. The lowest BCUT2D eigenvalue weighted by Gasteiger charge is -1.87. The van der Waals surface area contributed by atoms with Gasteiger partial charge in [-0.1, -0.05) is 0 Å². The minimum atomic E-state index is -0.232. The summed E-state index contributed by atoms with van der Waals surface area (Å²) in [4.78, 5) is 2.72. The minimum absolute atomic E-state index is 0.232. The molecular weight excluding hydrogens is 161 g/mol. The normalized spacial score (nSPS) is 12.6. The molecule has 0 spiro atoms. The molecule has 2 rings (SSSR count). The van der Waals surface area contributed by atoms with Crippen LogP contribution >= 0.6 is 0 Å². The van der Waals surface area contributed by atoms with Crippen molar-refractivity contribution in [1.29, 1.82) is 0 Å². The quantitative estimate of drug-likeness (QED) is 0.606. The van der Waals surface area contributed by atoms with Crippen molar-refractivity contribution in [2.45, 2.75) is 6.42 Å². The van der Waals surface area contributed by atoms with Gasteiger partial charge < -0.3 is 9.84 Å². The average Bonchev–Trinajstić information content (AvgIpc) is 2.54. The lowest BCUT2D eigenvalue weighted by molar-refractivity contribution is -0.395. The van der Waals surface area contributed by atoms with Gasteiger partial charge in [-0.3, -0.25) is 0 Å². The summed E-state index contributed by atoms with van der Waals surface area (Å²) < 4.78 is 17.6. The SMILES string of the molecule is CO.Fc1c[nH+]c2c(c1)CCO2. The van der Waals surface area contributed by atoms with Gasteiger partial charge in [0.05, 0.1) is 12.2 Å². The van der Waals surface area contributed by atoms with Crippen molar-refractivity contribution < 1.29 is 19.2 Å². The molecule has 0 amide bonds. The summed E-state index contributed by atoms with van der Waals surface area (Å²) in [7, 11) is 1.00. The molecule has 0 radical (unpaired) electrons. The number of halogens is 1. The van der Waals surface area contributed by atoms with Gasteiger partial charge in [-0.05, 0) is 6.07 Å². The zero-order valence-corrected chi connectivity index (χ0v) is 6.80. The molecule has 0 aliphatic carbocycles. The van der Waals surface area contributed by atoms with Gasteiger partial charge in [-0.2, -0.15) is 4.98 Å². The van der Waals surface area contributed by atoms with Crippen molar-refractivity contribution in [3.05, 3.63) is 23.6 Å². The first-order chi connectivity index (χ1) is 5.86. The third-order valence-electron chi connectivity index (χ3n) is 1.56. The zero-order valence-electron chi connectivity index (χ0n) is 6.80. The van der Waals surface area contributed by atoms with Crippen LogP contribution in [-0.4, -0.2) is 18.8 Å². The maximum Gasteiger partial charge on any atom is 0.369 e. The van der Waals surface area contributed by atoms with Gasteiger partial charge in [0, 0.05) is 13.5 Å². The highest BCUT2D eigenvalue weighted by Crippen LogP contribution is 2.18. The molecule has 4 heteroatoms. The van der Waals surface area contributed by atoms with Crippen molar-refractivity contribution in [2.75, 3.05) is 13.7 Å². The number of aromatic nitrogens is 1. The molecule has 66 valence electrons. The van der Waals surface area contributed by atoms with E-state index >= 15 is 0 Å². The standard InChI is InChI=1S/C7H6FNO.CH4O/c8-6-3-5-1-2-10-7(5)9-4-6;1-2/h3-4H,1-2H2;2H,1H3/p+1. The van der Waals surface area contributed by atoms with E-state index < -0.39 is 0 Å². The highest BCUT2D eigenvalue weighted by molar-refractivity contribution is 5.24. The maximum absolute atomic E-state index is 12.5. The highest BCUT2D eigenvalue weighted by atomic mass is 19.1. The van der Waals surface area contributed by atoms with Crippen molar-refractivity contribution in [3.8, 4) is 5.88 Å². The fourth-order valence-corrected chi connectivity index (χ4v) is 1.08. The van der Waals surface area contributed by atoms with Crippen LogP contribution < -0.4 is 9.72 Å². The Bertz CT molecular complexity index is 265. The number of H-pyrrole nitrogens is 1. The van der Waals surface area contributed by atoms with Gasteiger partial charge >= 0.3 is 5.88 Å². The molecule has 2 heterocycles. The molecule has 0 unspecified atom stereocenters. The minimum Gasteiger partial charge on any atom is -0.444 e. The second kappa shape index (κ2) is 4.01. The van der Waals surface area contributed by atoms with Crippen LogP contribution in [0.4, 0.5) is 4.39 Å². The monoisotopic (exact) mass is 172 g/mol. The fraction of sp³-hybridized carbons (Fsp3) is 0.375. The Labute approximate surface area is 69.8 Å². The molecule has 2 N–H and O–H groups in total. The topological polar surface area (TPSA) is 43.6 Å². The Morgan fingerprint density at radius 2 is 2.33 bits per heavy atom. The largest absolute Gasteiger partial charge is 0.444 e. The van der Waals surface area contributed by atoms with Crippen LogP contribution in [0, 0.1) is 5.82 Å². The molecule has 0 saturated carbocycles. The smallest absolute Gasteiger partial charge is 0.369 e. The second-order valence-corrected chi connectivity index (χ2v) is 2.27. The first kappa shape index (κ1) is 8.93. The van der Waals surface area contributed by atoms with Crippen LogP contribution in [0.25, 0.3) is 0 Å². The molecular formula is C8H11FNO2+. The lowest BCUT2D eigenvalue weighted by Crippen LogP contribution is -2.06. The van der Waals surface area contributed by atoms with Crippen LogP contribution in [-0.2, 0) is 6.42 Å². The van der Waals surface area contributed by atoms with Gasteiger partial charge in [-0.15, -0.1) is 0 Å². The van der Waals surface area contributed by atoms with E-state index in [1.807, 2.05) is 0 Å². The Hall–Kier alpha value is -1.16. The van der Waals surface area contributed by atoms with Crippen molar-refractivity contribution in [2.24, 2.45) is 0 Å². The molecule has 12 heavy (non-hydrogen) atoms. The molecule has 1 aliphatic rings. The number of pyridine rings is 1. The van der Waals surface area contributed by atoms with Crippen molar-refractivity contribution in [3.63, 3.8) is 0 Å². The summed E-state index contributed by atoms with van der Waals surface area (Å²) in [6.45, 7) is 0.662. The number of ether oxygens (including phenoxy) is 1. The van der Waals surface area contributed by atoms with E-state index in [4.69, 9.17) is 9.84 Å². The summed E-state index contributed by atoms with van der Waals surface area (Å²) >= 11 is 0. The Morgan fingerprint density at radius 1 is 1.58 bits per heavy atom. The predicted molar refractivity (Wildman–Crippen MR) is 40.3 cm³/mol. The summed E-state index contributed by atoms with van der Waals surface area (Å²) in [5.41, 5.74) is 0.931. The average molecular weight is 172 g/mol. The molecule has 0 bridgehead atoms. The van der Waals surface area contributed by atoms with Crippen LogP contribution in [0.3, 0.4) is 0 Å². The van der Waals surface area contributed by atoms with Gasteiger partial charge in [0.2, 0.25) is 6.20 Å². The molecule has 0 atom stereocenters. The van der Waals surface area contributed by atoms with Crippen LogP contribution in [0.2, 0.25) is 0 Å². The highest BCUT2D eigenvalue weighted by Gasteiger charge is 2.18. The van der Waals surface area contributed by atoms with E-state index in [0.29, 0.717) is 12.5 Å². The number of aromatic amines is 1. The first-order valence-corrected chi connectivity index (χ1v) is 3.64. The molecule has 0 aromatic carbocycles. The fourth-order valence-electron chi connectivity index (χ4n) is 1.08. The number of aliphatic hydroxyl groups excluding tert-OH is 1. The van der Waals surface area contributed by atoms with E-state index in [2.05, 4.69) is 4.98 Å². The Kier molecular flexibility index (Phi) is 2.99. The van der Waals surface area contributed by atoms with Crippen LogP contribution in [0.1, 0.15) is 5.56 Å². The number of rotatable bonds is 0. The van der Waals surface area contributed by atoms with E-state index in [1.54, 1.807) is 0 Å². The molecule has 1 aliphatic heterocycles. The first-order valence-electron chi connectivity index (χ1n) is 3.64. The van der Waals surface area contributed by atoms with Gasteiger partial charge in [0.1, 0.15) is 0 Å². The zero-order chi connectivity index (χ0) is 8.97. The van der Waals surface area contributed by atoms with E-state index in [1.165, 1.54) is 12.3 Å². The number of fused-ring (bicyclic) bond motifs is 1. The van der Waals surface area contributed by atoms with Crippen molar-refractivity contribution >= 4 is 0 Å². The number of hydrogen-bond acceptors (Lipinski definition) is 2. The van der Waals surface area contributed by atoms with E-state index in [9.17, 15) is 4.39 Å². The molecule has 0 fully saturated rings. The van der Waals surface area contributed by atoms with Gasteiger partial charge in [-0.25, -0.2) is 4.39 Å². The summed E-state index contributed by atoms with van der Waals surface area (Å²) in [5.74, 6) is 0.477. The Morgan fingerprint density at radius 3 is 3.08 bits per heavy atom. The number of hydrogen-bond donors (Lipinski definition) is 1. The second-order valence-electron chi connectivity index (χ2n) is 2.27. The van der Waals surface area contributed by atoms with Crippen LogP contribution in [0.5, 0.6) is 5.88 Å². The van der Waals surface area contributed by atoms with Gasteiger partial charge in [0.25, 0.3) is 0 Å². The van der Waals surface area contributed by atoms with Crippen LogP contribution in [0.15, 0.2) is 12.3 Å². The molecule has 1 aromatic rings. The lowest BCUT2D eigenvalue weighted by atomic mass is 10.2. The van der Waals surface area contributed by atoms with Crippen molar-refractivity contribution in [1.82, 2.24) is 0 Å². The Balaban J connectivity index is 0.000000336. The predicted octanol–water partition coefficient (Wildman–Crippen LogP) is 0.183. The van der Waals surface area contributed by atoms with Gasteiger partial charge in [0.15, 0.2) is 5.82 Å². The van der Waals surface area contributed by atoms with E-state index in [-0.39, 0.29) is 5.82 Å². The molecule has 1 aromatic heterocycles. The number of aliphatic hydroxyl groups is 1. The summed E-state index contributed by atoms with van der Waals surface area (Å²) in [6.07, 6.45) is 2.10. The summed E-state index contributed by atoms with van der Waals surface area (Å²) in [6, 6.07) is 1.50. The summed E-state index contributed by atoms with van der Waals surface area (Å²) in [5, 5.41) is 7.00. The van der Waals surface area contributed by atoms with E-state index in [0.717, 1.165) is 19.1 Å².